The molecule has 0 aliphatic carbocycles. The maximum Gasteiger partial charge on any atom is 0.243 e. The number of aryl methyl sites for hydroxylation is 1. The highest BCUT2D eigenvalue weighted by atomic mass is 32.2. The van der Waals surface area contributed by atoms with Gasteiger partial charge in [-0.1, -0.05) is 42.0 Å². The van der Waals surface area contributed by atoms with Gasteiger partial charge in [-0.2, -0.15) is 9.40 Å². The molecule has 0 radical (unpaired) electrons. The minimum atomic E-state index is -3.46. The normalized spacial score (nSPS) is 16.1. The summed E-state index contributed by atoms with van der Waals surface area (Å²) in [5, 5.41) is 10.5. The highest BCUT2D eigenvalue weighted by Gasteiger charge is 2.29. The molecule has 2 aromatic carbocycles. The molecule has 3 aromatic rings. The van der Waals surface area contributed by atoms with Crippen molar-refractivity contribution in [3.63, 3.8) is 0 Å². The first-order chi connectivity index (χ1) is 12.6. The molecule has 0 amide bonds. The molecular weight excluding hydrogens is 348 g/mol. The van der Waals surface area contributed by atoms with Crippen molar-refractivity contribution in [2.75, 3.05) is 31.1 Å². The number of hydrogen-bond donors (Lipinski definition) is 0. The highest BCUT2D eigenvalue weighted by molar-refractivity contribution is 7.89. The summed E-state index contributed by atoms with van der Waals surface area (Å²) >= 11 is 0. The van der Waals surface area contributed by atoms with Gasteiger partial charge in [0.15, 0.2) is 5.82 Å². The van der Waals surface area contributed by atoms with Gasteiger partial charge in [-0.25, -0.2) is 8.42 Å². The van der Waals surface area contributed by atoms with Crippen LogP contribution in [0.5, 0.6) is 0 Å². The van der Waals surface area contributed by atoms with Crippen LogP contribution in [0.3, 0.4) is 0 Å². The van der Waals surface area contributed by atoms with Crippen LogP contribution in [0.2, 0.25) is 0 Å². The fraction of sp³-hybridized carbons (Fsp3) is 0.263. The van der Waals surface area contributed by atoms with Crippen LogP contribution in [0.25, 0.3) is 10.8 Å². The Morgan fingerprint density at radius 1 is 0.923 bits per heavy atom. The molecule has 0 bridgehead atoms. The zero-order valence-corrected chi connectivity index (χ0v) is 15.4. The number of piperazine rings is 1. The molecule has 1 aliphatic rings. The third kappa shape index (κ3) is 3.04. The molecule has 0 unspecified atom stereocenters. The quantitative estimate of drug-likeness (QED) is 0.710. The summed E-state index contributed by atoms with van der Waals surface area (Å²) in [5.41, 5.74) is 1.04. The summed E-state index contributed by atoms with van der Waals surface area (Å²) in [6, 6.07) is 15.0. The van der Waals surface area contributed by atoms with E-state index >= 15 is 0 Å². The molecule has 4 rings (SSSR count). The van der Waals surface area contributed by atoms with Crippen LogP contribution in [-0.2, 0) is 10.0 Å². The van der Waals surface area contributed by atoms with E-state index in [1.54, 1.807) is 22.6 Å². The zero-order valence-electron chi connectivity index (χ0n) is 14.5. The predicted molar refractivity (Wildman–Crippen MR) is 102 cm³/mol. The van der Waals surface area contributed by atoms with E-state index in [2.05, 4.69) is 15.1 Å². The van der Waals surface area contributed by atoms with Gasteiger partial charge in [-0.15, -0.1) is 5.10 Å². The van der Waals surface area contributed by atoms with Gasteiger partial charge in [0.1, 0.15) is 0 Å². The Kier molecular flexibility index (Phi) is 4.34. The molecule has 0 atom stereocenters. The monoisotopic (exact) mass is 368 g/mol. The van der Waals surface area contributed by atoms with Crippen LogP contribution in [0.15, 0.2) is 59.6 Å². The first-order valence-electron chi connectivity index (χ1n) is 8.58. The number of benzene rings is 2. The van der Waals surface area contributed by atoms with E-state index in [0.29, 0.717) is 31.1 Å². The molecule has 1 saturated heterocycles. The predicted octanol–water partition coefficient (Wildman–Crippen LogP) is 2.45. The number of nitrogens with zero attached hydrogens (tertiary/aromatic N) is 4. The minimum absolute atomic E-state index is 0.349. The Bertz CT molecular complexity index is 1020. The largest absolute Gasteiger partial charge is 0.352 e. The third-order valence-electron chi connectivity index (χ3n) is 4.75. The van der Waals surface area contributed by atoms with Crippen LogP contribution in [0.1, 0.15) is 5.56 Å². The average molecular weight is 368 g/mol. The molecule has 1 aliphatic heterocycles. The summed E-state index contributed by atoms with van der Waals surface area (Å²) in [6.07, 6.45) is 1.75. The molecule has 134 valence electrons. The van der Waals surface area contributed by atoms with Crippen LogP contribution in [0.4, 0.5) is 5.82 Å². The molecular formula is C19H20N4O2S. The fourth-order valence-corrected chi connectivity index (χ4v) is 4.67. The lowest BCUT2D eigenvalue weighted by Crippen LogP contribution is -2.49. The Hall–Kier alpha value is -2.51. The standard InChI is InChI=1S/C19H20N4O2S/c1-15-6-8-17(9-7-15)26(24,25)23-12-10-22(11-13-23)19-18-5-3-2-4-16(18)14-20-21-19/h2-9,14H,10-13H2,1H3. The topological polar surface area (TPSA) is 66.4 Å². The van der Waals surface area contributed by atoms with Gasteiger partial charge in [-0.05, 0) is 19.1 Å². The lowest BCUT2D eigenvalue weighted by molar-refractivity contribution is 0.384. The summed E-state index contributed by atoms with van der Waals surface area (Å²) in [5.74, 6) is 0.815. The van der Waals surface area contributed by atoms with Crippen molar-refractivity contribution in [3.8, 4) is 0 Å². The number of aromatic nitrogens is 2. The van der Waals surface area contributed by atoms with E-state index in [1.807, 2.05) is 43.3 Å². The van der Waals surface area contributed by atoms with Gasteiger partial charge in [0.05, 0.1) is 11.1 Å². The molecule has 6 nitrogen and oxygen atoms in total. The first-order valence-corrected chi connectivity index (χ1v) is 10.0. The summed E-state index contributed by atoms with van der Waals surface area (Å²) < 4.78 is 27.2. The van der Waals surface area contributed by atoms with E-state index in [4.69, 9.17) is 0 Å². The Labute approximate surface area is 153 Å². The van der Waals surface area contributed by atoms with Crippen molar-refractivity contribution < 1.29 is 8.42 Å². The van der Waals surface area contributed by atoms with E-state index in [1.165, 1.54) is 0 Å². The molecule has 1 aromatic heterocycles. The zero-order chi connectivity index (χ0) is 18.1. The summed E-state index contributed by atoms with van der Waals surface area (Å²) in [6.45, 7) is 3.99. The number of anilines is 1. The number of hydrogen-bond acceptors (Lipinski definition) is 5. The SMILES string of the molecule is Cc1ccc(S(=O)(=O)N2CCN(c3nncc4ccccc34)CC2)cc1. The Morgan fingerprint density at radius 3 is 2.35 bits per heavy atom. The Morgan fingerprint density at radius 2 is 1.62 bits per heavy atom. The second kappa shape index (κ2) is 6.66. The third-order valence-corrected chi connectivity index (χ3v) is 6.66. The van der Waals surface area contributed by atoms with Crippen LogP contribution in [0, 0.1) is 6.92 Å². The van der Waals surface area contributed by atoms with E-state index < -0.39 is 10.0 Å². The highest BCUT2D eigenvalue weighted by Crippen LogP contribution is 2.25. The lowest BCUT2D eigenvalue weighted by Gasteiger charge is -2.34. The molecule has 26 heavy (non-hydrogen) atoms. The first kappa shape index (κ1) is 16.9. The molecule has 7 heteroatoms. The van der Waals surface area contributed by atoms with Crippen molar-refractivity contribution in [1.29, 1.82) is 0 Å². The van der Waals surface area contributed by atoms with Crippen molar-refractivity contribution in [3.05, 3.63) is 60.3 Å². The van der Waals surface area contributed by atoms with E-state index in [9.17, 15) is 8.42 Å². The van der Waals surface area contributed by atoms with Gasteiger partial charge in [0.2, 0.25) is 10.0 Å². The van der Waals surface area contributed by atoms with Crippen molar-refractivity contribution in [2.24, 2.45) is 0 Å². The van der Waals surface area contributed by atoms with Crippen LogP contribution >= 0.6 is 0 Å². The molecule has 1 fully saturated rings. The number of rotatable bonds is 3. The molecule has 2 heterocycles. The Balaban J connectivity index is 1.54. The molecule has 0 saturated carbocycles. The van der Waals surface area contributed by atoms with E-state index in [0.717, 1.165) is 22.2 Å². The maximum atomic E-state index is 12.8. The molecule has 0 spiro atoms. The number of fused-ring (bicyclic) bond motifs is 1. The van der Waals surface area contributed by atoms with Crippen molar-refractivity contribution in [2.45, 2.75) is 11.8 Å². The fourth-order valence-electron chi connectivity index (χ4n) is 3.25. The van der Waals surface area contributed by atoms with Gasteiger partial charge < -0.3 is 4.90 Å². The van der Waals surface area contributed by atoms with Gasteiger partial charge in [-0.3, -0.25) is 0 Å². The second-order valence-electron chi connectivity index (χ2n) is 6.46. The second-order valence-corrected chi connectivity index (χ2v) is 8.40. The lowest BCUT2D eigenvalue weighted by atomic mass is 10.2. The summed E-state index contributed by atoms with van der Waals surface area (Å²) in [7, 11) is -3.46. The summed E-state index contributed by atoms with van der Waals surface area (Å²) in [4.78, 5) is 2.46. The van der Waals surface area contributed by atoms with Crippen molar-refractivity contribution in [1.82, 2.24) is 14.5 Å². The maximum absolute atomic E-state index is 12.8. The van der Waals surface area contributed by atoms with Gasteiger partial charge in [0.25, 0.3) is 0 Å². The van der Waals surface area contributed by atoms with Gasteiger partial charge >= 0.3 is 0 Å². The van der Waals surface area contributed by atoms with Gasteiger partial charge in [0, 0.05) is 37.0 Å². The minimum Gasteiger partial charge on any atom is -0.352 e. The molecule has 0 N–H and O–H groups in total. The van der Waals surface area contributed by atoms with Crippen LogP contribution < -0.4 is 4.90 Å². The van der Waals surface area contributed by atoms with Crippen LogP contribution in [-0.4, -0.2) is 49.1 Å². The number of sulfonamides is 1. The smallest absolute Gasteiger partial charge is 0.243 e. The van der Waals surface area contributed by atoms with E-state index in [-0.39, 0.29) is 0 Å². The van der Waals surface area contributed by atoms with Crippen molar-refractivity contribution >= 4 is 26.6 Å². The average Bonchev–Trinajstić information content (AvgIpc) is 2.68.